The molecule has 6 nitrogen and oxygen atoms in total. The predicted molar refractivity (Wildman–Crippen MR) is 74.7 cm³/mol. The van der Waals surface area contributed by atoms with Crippen molar-refractivity contribution in [2.45, 2.75) is 17.3 Å². The molecule has 110 valence electrons. The lowest BCUT2D eigenvalue weighted by Crippen LogP contribution is -2.60. The molecule has 1 amide bonds. The van der Waals surface area contributed by atoms with E-state index in [1.165, 1.54) is 15.5 Å². The molecule has 2 fully saturated rings. The van der Waals surface area contributed by atoms with Crippen molar-refractivity contribution in [2.75, 3.05) is 45.8 Å². The molecule has 1 unspecified atom stereocenters. The molecular formula is C11H20N2O4S2. The monoisotopic (exact) mass is 308 g/mol. The second-order valence-corrected chi connectivity index (χ2v) is 8.92. The summed E-state index contributed by atoms with van der Waals surface area (Å²) in [7, 11) is 0.336. The number of nitrogens with zero attached hydrogens (tertiary/aromatic N) is 2. The summed E-state index contributed by atoms with van der Waals surface area (Å²) in [6.07, 6.45) is 2.11. The summed E-state index contributed by atoms with van der Waals surface area (Å²) < 4.78 is 29.8. The fraction of sp³-hybridized carbons (Fsp3) is 0.909. The molecule has 0 aromatic rings. The molecule has 0 bridgehead atoms. The molecular weight excluding hydrogens is 288 g/mol. The van der Waals surface area contributed by atoms with E-state index in [0.717, 1.165) is 12.2 Å². The minimum atomic E-state index is -3.07. The highest BCUT2D eigenvalue weighted by Gasteiger charge is 2.52. The highest BCUT2D eigenvalue weighted by molar-refractivity contribution is 8.01. The Hall–Kier alpha value is -0.310. The first-order valence-corrected chi connectivity index (χ1v) is 8.96. The van der Waals surface area contributed by atoms with Crippen molar-refractivity contribution >= 4 is 27.7 Å². The summed E-state index contributed by atoms with van der Waals surface area (Å²) in [5.74, 6) is 0.788. The number of rotatable bonds is 4. The first-order chi connectivity index (χ1) is 8.72. The van der Waals surface area contributed by atoms with Crippen molar-refractivity contribution in [3.8, 4) is 0 Å². The van der Waals surface area contributed by atoms with Gasteiger partial charge in [-0.25, -0.2) is 8.42 Å². The quantitative estimate of drug-likeness (QED) is 0.708. The average molecular weight is 308 g/mol. The third-order valence-corrected chi connectivity index (χ3v) is 6.29. The third-order valence-electron chi connectivity index (χ3n) is 3.51. The normalized spacial score (nSPS) is 26.4. The molecule has 0 radical (unpaired) electrons. The van der Waals surface area contributed by atoms with Gasteiger partial charge in [0.2, 0.25) is 15.9 Å². The van der Waals surface area contributed by atoms with E-state index >= 15 is 0 Å². The van der Waals surface area contributed by atoms with Crippen LogP contribution >= 0.6 is 11.8 Å². The predicted octanol–water partition coefficient (Wildman–Crippen LogP) is -0.389. The molecule has 0 aromatic heterocycles. The summed E-state index contributed by atoms with van der Waals surface area (Å²) in [4.78, 5) is 12.9. The Morgan fingerprint density at radius 3 is 2.63 bits per heavy atom. The number of sulfonamides is 1. The van der Waals surface area contributed by atoms with Gasteiger partial charge in [-0.3, -0.25) is 4.79 Å². The lowest BCUT2D eigenvalue weighted by Gasteiger charge is -2.45. The molecule has 8 heteroatoms. The summed E-state index contributed by atoms with van der Waals surface area (Å²) in [6.45, 7) is 1.24. The Bertz CT molecular complexity index is 457. The molecule has 2 saturated heterocycles. The van der Waals surface area contributed by atoms with E-state index in [1.54, 1.807) is 25.9 Å². The van der Waals surface area contributed by atoms with E-state index < -0.39 is 10.0 Å². The molecule has 2 aliphatic rings. The first-order valence-electron chi connectivity index (χ1n) is 6.13. The Kier molecular flexibility index (Phi) is 4.15. The molecule has 2 heterocycles. The zero-order chi connectivity index (χ0) is 14.3. The van der Waals surface area contributed by atoms with E-state index in [0.29, 0.717) is 13.1 Å². The molecule has 0 saturated carbocycles. The van der Waals surface area contributed by atoms with Gasteiger partial charge in [0.25, 0.3) is 0 Å². The molecule has 19 heavy (non-hydrogen) atoms. The van der Waals surface area contributed by atoms with Crippen LogP contribution in [0.25, 0.3) is 0 Å². The fourth-order valence-electron chi connectivity index (χ4n) is 2.28. The minimum absolute atomic E-state index is 0.00884. The summed E-state index contributed by atoms with van der Waals surface area (Å²) in [6, 6.07) is 0. The van der Waals surface area contributed by atoms with Crippen LogP contribution in [-0.2, 0) is 19.6 Å². The molecule has 2 aliphatic heterocycles. The number of carbonyl (C=O) groups is 1. The van der Waals surface area contributed by atoms with E-state index in [2.05, 4.69) is 0 Å². The van der Waals surface area contributed by atoms with Crippen molar-refractivity contribution in [1.29, 1.82) is 0 Å². The topological polar surface area (TPSA) is 66.9 Å². The molecule has 2 rings (SSSR count). The summed E-state index contributed by atoms with van der Waals surface area (Å²) in [5.41, 5.74) is 0. The fourth-order valence-corrected chi connectivity index (χ4v) is 4.96. The number of carbonyl (C=O) groups excluding carboxylic acids is 1. The van der Waals surface area contributed by atoms with Gasteiger partial charge in [0, 0.05) is 37.7 Å². The third kappa shape index (κ3) is 3.42. The first kappa shape index (κ1) is 15.1. The lowest BCUT2D eigenvalue weighted by atomic mass is 9.95. The maximum absolute atomic E-state index is 11.4. The van der Waals surface area contributed by atoms with Crippen molar-refractivity contribution in [1.82, 2.24) is 9.21 Å². The maximum atomic E-state index is 11.4. The van der Waals surface area contributed by atoms with Crippen LogP contribution in [0.2, 0.25) is 0 Å². The van der Waals surface area contributed by atoms with Gasteiger partial charge in [0.1, 0.15) is 6.61 Å². The number of likely N-dealkylation sites (N-methyl/N-ethyl adjacent to an activating group) is 1. The Morgan fingerprint density at radius 2 is 2.11 bits per heavy atom. The smallest absolute Gasteiger partial charge is 0.248 e. The van der Waals surface area contributed by atoms with Crippen LogP contribution in [-0.4, -0.2) is 80.2 Å². The SMILES string of the molecule is CN(C)C(=O)COC1CSC2(C1)CN(S(C)(=O)=O)C2. The van der Waals surface area contributed by atoms with Crippen molar-refractivity contribution in [3.63, 3.8) is 0 Å². The average Bonchev–Trinajstić information content (AvgIpc) is 2.66. The number of amides is 1. The Labute approximate surface area is 118 Å². The van der Waals surface area contributed by atoms with E-state index in [-0.39, 0.29) is 23.4 Å². The van der Waals surface area contributed by atoms with Crippen LogP contribution in [0, 0.1) is 0 Å². The van der Waals surface area contributed by atoms with E-state index in [9.17, 15) is 13.2 Å². The van der Waals surface area contributed by atoms with Gasteiger partial charge in [0.15, 0.2) is 0 Å². The zero-order valence-electron chi connectivity index (χ0n) is 11.5. The van der Waals surface area contributed by atoms with Crippen LogP contribution in [0.15, 0.2) is 0 Å². The number of thioether (sulfide) groups is 1. The van der Waals surface area contributed by atoms with Gasteiger partial charge in [-0.1, -0.05) is 0 Å². The molecule has 0 aliphatic carbocycles. The van der Waals surface area contributed by atoms with Crippen LogP contribution < -0.4 is 0 Å². The highest BCUT2D eigenvalue weighted by atomic mass is 32.2. The van der Waals surface area contributed by atoms with Crippen LogP contribution in [0.3, 0.4) is 0 Å². The van der Waals surface area contributed by atoms with Gasteiger partial charge in [-0.15, -0.1) is 11.8 Å². The molecule has 1 spiro atoms. The largest absolute Gasteiger partial charge is 0.367 e. The van der Waals surface area contributed by atoms with Crippen molar-refractivity contribution in [2.24, 2.45) is 0 Å². The standard InChI is InChI=1S/C11H20N2O4S2/c1-12(2)10(14)5-17-9-4-11(18-6-9)7-13(8-11)19(3,15)16/h9H,4-8H2,1-3H3. The molecule has 1 atom stereocenters. The second-order valence-electron chi connectivity index (χ2n) is 5.45. The van der Waals surface area contributed by atoms with Crippen molar-refractivity contribution in [3.05, 3.63) is 0 Å². The zero-order valence-corrected chi connectivity index (χ0v) is 13.1. The lowest BCUT2D eigenvalue weighted by molar-refractivity contribution is -0.135. The number of hydrogen-bond donors (Lipinski definition) is 0. The van der Waals surface area contributed by atoms with Gasteiger partial charge < -0.3 is 9.64 Å². The molecule has 0 aromatic carbocycles. The Morgan fingerprint density at radius 1 is 1.47 bits per heavy atom. The van der Waals surface area contributed by atoms with Crippen LogP contribution in [0.4, 0.5) is 0 Å². The van der Waals surface area contributed by atoms with Gasteiger partial charge in [-0.05, 0) is 6.42 Å². The molecule has 0 N–H and O–H groups in total. The van der Waals surface area contributed by atoms with E-state index in [1.807, 2.05) is 0 Å². The minimum Gasteiger partial charge on any atom is -0.367 e. The van der Waals surface area contributed by atoms with Crippen molar-refractivity contribution < 1.29 is 17.9 Å². The second kappa shape index (κ2) is 5.23. The van der Waals surface area contributed by atoms with E-state index in [4.69, 9.17) is 4.74 Å². The van der Waals surface area contributed by atoms with Gasteiger partial charge >= 0.3 is 0 Å². The van der Waals surface area contributed by atoms with Crippen LogP contribution in [0.5, 0.6) is 0 Å². The highest BCUT2D eigenvalue weighted by Crippen LogP contribution is 2.46. The van der Waals surface area contributed by atoms with Gasteiger partial charge in [-0.2, -0.15) is 4.31 Å². The van der Waals surface area contributed by atoms with Crippen LogP contribution in [0.1, 0.15) is 6.42 Å². The summed E-state index contributed by atoms with van der Waals surface area (Å²) in [5, 5.41) is 0. The Balaban J connectivity index is 1.78. The summed E-state index contributed by atoms with van der Waals surface area (Å²) >= 11 is 1.76. The number of hydrogen-bond acceptors (Lipinski definition) is 5. The number of ether oxygens (including phenoxy) is 1. The van der Waals surface area contributed by atoms with Gasteiger partial charge in [0.05, 0.1) is 12.4 Å². The maximum Gasteiger partial charge on any atom is 0.248 e.